The average Bonchev–Trinajstić information content (AvgIpc) is 3.12. The molecule has 2 fully saturated rings. The van der Waals surface area contributed by atoms with Crippen LogP contribution in [0.3, 0.4) is 0 Å². The minimum Gasteiger partial charge on any atom is -0.356 e. The van der Waals surface area contributed by atoms with E-state index < -0.39 is 0 Å². The molecule has 2 aliphatic rings. The van der Waals surface area contributed by atoms with Crippen LogP contribution < -0.4 is 10.2 Å². The number of pyridine rings is 1. The summed E-state index contributed by atoms with van der Waals surface area (Å²) in [6, 6.07) is 5.17. The van der Waals surface area contributed by atoms with Crippen LogP contribution >= 0.6 is 0 Å². The van der Waals surface area contributed by atoms with Crippen LogP contribution in [0.1, 0.15) is 38.2 Å². The molecule has 2 heterocycles. The van der Waals surface area contributed by atoms with Gasteiger partial charge in [-0.05, 0) is 36.8 Å². The van der Waals surface area contributed by atoms with E-state index in [1.165, 1.54) is 44.3 Å². The molecule has 0 radical (unpaired) electrons. The third-order valence-electron chi connectivity index (χ3n) is 4.17. The summed E-state index contributed by atoms with van der Waals surface area (Å²) in [6.45, 7) is 5.61. The monoisotopic (exact) mass is 245 g/mol. The van der Waals surface area contributed by atoms with Crippen LogP contribution in [0.25, 0.3) is 0 Å². The molecule has 1 saturated carbocycles. The van der Waals surface area contributed by atoms with Gasteiger partial charge in [0.25, 0.3) is 0 Å². The van der Waals surface area contributed by atoms with Crippen molar-refractivity contribution >= 4 is 5.82 Å². The lowest BCUT2D eigenvalue weighted by molar-refractivity contribution is 0.568. The van der Waals surface area contributed by atoms with Crippen LogP contribution in [0.15, 0.2) is 18.3 Å². The van der Waals surface area contributed by atoms with Crippen molar-refractivity contribution in [2.45, 2.75) is 45.2 Å². The van der Waals surface area contributed by atoms with Crippen molar-refractivity contribution in [2.75, 3.05) is 18.0 Å². The molecule has 0 spiro atoms. The van der Waals surface area contributed by atoms with Crippen LogP contribution in [0.2, 0.25) is 0 Å². The highest BCUT2D eigenvalue weighted by Gasteiger charge is 2.22. The first-order valence-electron chi connectivity index (χ1n) is 7.28. The number of aromatic nitrogens is 1. The number of hydrogen-bond acceptors (Lipinski definition) is 3. The van der Waals surface area contributed by atoms with E-state index in [-0.39, 0.29) is 0 Å². The molecule has 18 heavy (non-hydrogen) atoms. The van der Waals surface area contributed by atoms with Crippen molar-refractivity contribution < 1.29 is 0 Å². The Bertz CT molecular complexity index is 383. The molecule has 0 bridgehead atoms. The minimum absolute atomic E-state index is 0.772. The molecule has 1 saturated heterocycles. The maximum atomic E-state index is 4.61. The molecule has 98 valence electrons. The SMILES string of the molecule is CCC1CCN(c2ccc(CNC3CC3)cn2)C1. The zero-order valence-corrected chi connectivity index (χ0v) is 11.2. The molecule has 3 nitrogen and oxygen atoms in total. The van der Waals surface area contributed by atoms with Gasteiger partial charge in [0, 0.05) is 31.9 Å². The molecule has 1 aromatic rings. The van der Waals surface area contributed by atoms with Crippen molar-refractivity contribution in [1.82, 2.24) is 10.3 Å². The zero-order chi connectivity index (χ0) is 12.4. The van der Waals surface area contributed by atoms with Gasteiger partial charge in [0.15, 0.2) is 0 Å². The Balaban J connectivity index is 1.56. The predicted octanol–water partition coefficient (Wildman–Crippen LogP) is 2.57. The summed E-state index contributed by atoms with van der Waals surface area (Å²) < 4.78 is 0. The molecule has 3 rings (SSSR count). The predicted molar refractivity (Wildman–Crippen MR) is 74.7 cm³/mol. The van der Waals surface area contributed by atoms with Gasteiger partial charge in [0.2, 0.25) is 0 Å². The van der Waals surface area contributed by atoms with E-state index in [1.807, 2.05) is 6.20 Å². The Morgan fingerprint density at radius 2 is 2.22 bits per heavy atom. The number of nitrogens with one attached hydrogen (secondary N) is 1. The zero-order valence-electron chi connectivity index (χ0n) is 11.2. The van der Waals surface area contributed by atoms with Gasteiger partial charge < -0.3 is 10.2 Å². The lowest BCUT2D eigenvalue weighted by Gasteiger charge is -2.17. The molecule has 1 N–H and O–H groups in total. The maximum Gasteiger partial charge on any atom is 0.128 e. The fourth-order valence-corrected chi connectivity index (χ4v) is 2.63. The highest BCUT2D eigenvalue weighted by Crippen LogP contribution is 2.24. The first kappa shape index (κ1) is 12.0. The summed E-state index contributed by atoms with van der Waals surface area (Å²) in [7, 11) is 0. The second-order valence-corrected chi connectivity index (χ2v) is 5.69. The molecule has 1 aromatic heterocycles. The molecule has 1 atom stereocenters. The highest BCUT2D eigenvalue weighted by atomic mass is 15.2. The molecular weight excluding hydrogens is 222 g/mol. The summed E-state index contributed by atoms with van der Waals surface area (Å²) in [5.41, 5.74) is 1.30. The van der Waals surface area contributed by atoms with Gasteiger partial charge in [0.1, 0.15) is 5.82 Å². The highest BCUT2D eigenvalue weighted by molar-refractivity contribution is 5.40. The second-order valence-electron chi connectivity index (χ2n) is 5.69. The Kier molecular flexibility index (Phi) is 3.50. The maximum absolute atomic E-state index is 4.61. The summed E-state index contributed by atoms with van der Waals surface area (Å²) in [5, 5.41) is 3.52. The van der Waals surface area contributed by atoms with E-state index >= 15 is 0 Å². The topological polar surface area (TPSA) is 28.2 Å². The Morgan fingerprint density at radius 3 is 2.83 bits per heavy atom. The van der Waals surface area contributed by atoms with E-state index in [0.29, 0.717) is 0 Å². The first-order valence-corrected chi connectivity index (χ1v) is 7.28. The van der Waals surface area contributed by atoms with E-state index in [2.05, 4.69) is 34.3 Å². The molecular formula is C15H23N3. The van der Waals surface area contributed by atoms with Gasteiger partial charge in [-0.15, -0.1) is 0 Å². The summed E-state index contributed by atoms with van der Waals surface area (Å²) >= 11 is 0. The molecule has 1 aliphatic carbocycles. The number of anilines is 1. The number of hydrogen-bond donors (Lipinski definition) is 1. The normalized spacial score (nSPS) is 23.6. The minimum atomic E-state index is 0.772. The van der Waals surface area contributed by atoms with Gasteiger partial charge in [-0.25, -0.2) is 4.98 Å². The van der Waals surface area contributed by atoms with Crippen molar-refractivity contribution in [2.24, 2.45) is 5.92 Å². The van der Waals surface area contributed by atoms with Crippen LogP contribution in [0, 0.1) is 5.92 Å². The molecule has 3 heteroatoms. The molecule has 1 aliphatic heterocycles. The Labute approximate surface area is 110 Å². The number of rotatable bonds is 5. The van der Waals surface area contributed by atoms with E-state index in [4.69, 9.17) is 0 Å². The van der Waals surface area contributed by atoms with Crippen LogP contribution in [-0.2, 0) is 6.54 Å². The van der Waals surface area contributed by atoms with Crippen molar-refractivity contribution in [3.8, 4) is 0 Å². The van der Waals surface area contributed by atoms with Gasteiger partial charge in [-0.3, -0.25) is 0 Å². The van der Waals surface area contributed by atoms with Crippen LogP contribution in [0.5, 0.6) is 0 Å². The van der Waals surface area contributed by atoms with Crippen molar-refractivity contribution in [3.63, 3.8) is 0 Å². The standard InChI is InChI=1S/C15H23N3/c1-2-12-7-8-18(11-12)15-6-3-13(10-17-15)9-16-14-4-5-14/h3,6,10,12,14,16H,2,4-5,7-9,11H2,1H3. The van der Waals surface area contributed by atoms with Crippen molar-refractivity contribution in [1.29, 1.82) is 0 Å². The molecule has 0 aromatic carbocycles. The molecule has 1 unspecified atom stereocenters. The summed E-state index contributed by atoms with van der Waals surface area (Å²) in [4.78, 5) is 7.04. The fourth-order valence-electron chi connectivity index (χ4n) is 2.63. The second kappa shape index (κ2) is 5.27. The van der Waals surface area contributed by atoms with Crippen LogP contribution in [0.4, 0.5) is 5.82 Å². The first-order chi connectivity index (χ1) is 8.85. The quantitative estimate of drug-likeness (QED) is 0.864. The fraction of sp³-hybridized carbons (Fsp3) is 0.667. The Hall–Kier alpha value is -1.09. The van der Waals surface area contributed by atoms with Gasteiger partial charge >= 0.3 is 0 Å². The lowest BCUT2D eigenvalue weighted by Crippen LogP contribution is -2.21. The third kappa shape index (κ3) is 2.83. The van der Waals surface area contributed by atoms with Crippen molar-refractivity contribution in [3.05, 3.63) is 23.9 Å². The largest absolute Gasteiger partial charge is 0.356 e. The van der Waals surface area contributed by atoms with E-state index in [1.54, 1.807) is 0 Å². The van der Waals surface area contributed by atoms with Gasteiger partial charge in [0.05, 0.1) is 0 Å². The molecule has 0 amide bonds. The van der Waals surface area contributed by atoms with Crippen LogP contribution in [-0.4, -0.2) is 24.1 Å². The van der Waals surface area contributed by atoms with Gasteiger partial charge in [-0.2, -0.15) is 0 Å². The summed E-state index contributed by atoms with van der Waals surface area (Å²) in [5.74, 6) is 2.02. The Morgan fingerprint density at radius 1 is 1.33 bits per heavy atom. The lowest BCUT2D eigenvalue weighted by atomic mass is 10.1. The van der Waals surface area contributed by atoms with E-state index in [9.17, 15) is 0 Å². The van der Waals surface area contributed by atoms with Gasteiger partial charge in [-0.1, -0.05) is 19.4 Å². The average molecular weight is 245 g/mol. The van der Waals surface area contributed by atoms with E-state index in [0.717, 1.165) is 24.3 Å². The third-order valence-corrected chi connectivity index (χ3v) is 4.17. The summed E-state index contributed by atoms with van der Waals surface area (Å²) in [6.07, 6.45) is 7.34. The number of nitrogens with zero attached hydrogens (tertiary/aromatic N) is 2. The smallest absolute Gasteiger partial charge is 0.128 e.